The highest BCUT2D eigenvalue weighted by Gasteiger charge is 2.21. The standard InChI is InChI=1S/C22H23ClN8S/c1-14(18-25-20(24)27-21(26-18)30(2)3)32-22-29-28-19(16-11-7-8-12-17(16)23)31(22)13-15-9-5-4-6-10-15/h4-12,14H,13H2,1-3H3,(H2,24,25,26,27)/t14-/m1/s1. The first-order chi connectivity index (χ1) is 15.4. The van der Waals surface area contributed by atoms with Crippen molar-refractivity contribution in [1.82, 2.24) is 29.7 Å². The van der Waals surface area contributed by atoms with Crippen LogP contribution in [-0.2, 0) is 6.54 Å². The van der Waals surface area contributed by atoms with Crippen molar-refractivity contribution in [2.75, 3.05) is 24.7 Å². The van der Waals surface area contributed by atoms with Crippen LogP contribution in [0.1, 0.15) is 23.6 Å². The molecule has 32 heavy (non-hydrogen) atoms. The summed E-state index contributed by atoms with van der Waals surface area (Å²) in [6.07, 6.45) is 0. The van der Waals surface area contributed by atoms with E-state index in [9.17, 15) is 0 Å². The van der Waals surface area contributed by atoms with Gasteiger partial charge in [-0.15, -0.1) is 10.2 Å². The molecular formula is C22H23ClN8S. The number of benzene rings is 2. The van der Waals surface area contributed by atoms with E-state index in [4.69, 9.17) is 17.3 Å². The maximum absolute atomic E-state index is 6.48. The van der Waals surface area contributed by atoms with Crippen LogP contribution in [-0.4, -0.2) is 43.8 Å². The van der Waals surface area contributed by atoms with E-state index in [1.807, 2.05) is 63.5 Å². The van der Waals surface area contributed by atoms with Crippen LogP contribution in [0.2, 0.25) is 5.02 Å². The molecule has 0 saturated carbocycles. The Balaban J connectivity index is 1.72. The lowest BCUT2D eigenvalue weighted by atomic mass is 10.2. The molecule has 0 aliphatic heterocycles. The molecule has 0 unspecified atom stereocenters. The number of hydrogen-bond acceptors (Lipinski definition) is 8. The highest BCUT2D eigenvalue weighted by atomic mass is 35.5. The van der Waals surface area contributed by atoms with Gasteiger partial charge >= 0.3 is 0 Å². The molecule has 10 heteroatoms. The van der Waals surface area contributed by atoms with E-state index in [2.05, 4.69) is 41.8 Å². The van der Waals surface area contributed by atoms with E-state index in [-0.39, 0.29) is 11.2 Å². The Morgan fingerprint density at radius 3 is 2.44 bits per heavy atom. The Kier molecular flexibility index (Phi) is 6.57. The van der Waals surface area contributed by atoms with Crippen molar-refractivity contribution < 1.29 is 0 Å². The van der Waals surface area contributed by atoms with Crippen molar-refractivity contribution in [3.8, 4) is 11.4 Å². The number of aromatic nitrogens is 6. The maximum Gasteiger partial charge on any atom is 0.229 e. The number of hydrogen-bond donors (Lipinski definition) is 1. The molecule has 8 nitrogen and oxygen atoms in total. The van der Waals surface area contributed by atoms with E-state index in [1.165, 1.54) is 11.8 Å². The minimum atomic E-state index is -0.128. The Bertz CT molecular complexity index is 1210. The summed E-state index contributed by atoms with van der Waals surface area (Å²) in [6.45, 7) is 2.61. The van der Waals surface area contributed by atoms with Gasteiger partial charge in [-0.1, -0.05) is 65.8 Å². The Labute approximate surface area is 195 Å². The van der Waals surface area contributed by atoms with Gasteiger partial charge in [-0.2, -0.15) is 15.0 Å². The van der Waals surface area contributed by atoms with Crippen molar-refractivity contribution in [1.29, 1.82) is 0 Å². The first-order valence-electron chi connectivity index (χ1n) is 10.00. The zero-order valence-corrected chi connectivity index (χ0v) is 19.5. The molecule has 0 aliphatic rings. The third-order valence-corrected chi connectivity index (χ3v) is 6.13. The van der Waals surface area contributed by atoms with Crippen LogP contribution >= 0.6 is 23.4 Å². The van der Waals surface area contributed by atoms with Gasteiger partial charge in [0.2, 0.25) is 11.9 Å². The summed E-state index contributed by atoms with van der Waals surface area (Å²) < 4.78 is 2.06. The average Bonchev–Trinajstić information content (AvgIpc) is 3.16. The van der Waals surface area contributed by atoms with Gasteiger partial charge in [-0.3, -0.25) is 4.57 Å². The minimum Gasteiger partial charge on any atom is -0.368 e. The van der Waals surface area contributed by atoms with Crippen LogP contribution in [0.25, 0.3) is 11.4 Å². The molecule has 2 N–H and O–H groups in total. The monoisotopic (exact) mass is 466 g/mol. The molecule has 4 rings (SSSR count). The van der Waals surface area contributed by atoms with Gasteiger partial charge in [-0.05, 0) is 24.6 Å². The second-order valence-corrected chi connectivity index (χ2v) is 9.08. The first-order valence-corrected chi connectivity index (χ1v) is 11.3. The number of thioether (sulfide) groups is 1. The largest absolute Gasteiger partial charge is 0.368 e. The Hall–Kier alpha value is -3.17. The lowest BCUT2D eigenvalue weighted by Gasteiger charge is -2.16. The van der Waals surface area contributed by atoms with Gasteiger partial charge in [-0.25, -0.2) is 0 Å². The molecule has 0 spiro atoms. The fraction of sp³-hybridized carbons (Fsp3) is 0.227. The summed E-state index contributed by atoms with van der Waals surface area (Å²) in [5, 5.41) is 10.2. The van der Waals surface area contributed by atoms with Gasteiger partial charge in [0, 0.05) is 19.7 Å². The van der Waals surface area contributed by atoms with E-state index in [0.29, 0.717) is 29.2 Å². The molecule has 2 heterocycles. The fourth-order valence-corrected chi connectivity index (χ4v) is 4.23. The predicted octanol–water partition coefficient (Wildman–Crippen LogP) is 4.33. The van der Waals surface area contributed by atoms with Crippen LogP contribution in [0, 0.1) is 0 Å². The fourth-order valence-electron chi connectivity index (χ4n) is 3.12. The van der Waals surface area contributed by atoms with Crippen LogP contribution in [0.4, 0.5) is 11.9 Å². The van der Waals surface area contributed by atoms with E-state index in [0.717, 1.165) is 16.3 Å². The molecular weight excluding hydrogens is 444 g/mol. The quantitative estimate of drug-likeness (QED) is 0.402. The number of rotatable bonds is 7. The molecule has 0 saturated heterocycles. The highest BCUT2D eigenvalue weighted by Crippen LogP contribution is 2.36. The van der Waals surface area contributed by atoms with Crippen LogP contribution in [0.15, 0.2) is 59.8 Å². The summed E-state index contributed by atoms with van der Waals surface area (Å²) in [5.74, 6) is 1.99. The summed E-state index contributed by atoms with van der Waals surface area (Å²) in [7, 11) is 3.73. The molecule has 0 bridgehead atoms. The second-order valence-electron chi connectivity index (χ2n) is 7.36. The van der Waals surface area contributed by atoms with Crippen molar-refractivity contribution in [2.45, 2.75) is 23.9 Å². The topological polar surface area (TPSA) is 98.6 Å². The minimum absolute atomic E-state index is 0.128. The van der Waals surface area contributed by atoms with Crippen molar-refractivity contribution in [2.24, 2.45) is 0 Å². The van der Waals surface area contributed by atoms with Crippen LogP contribution < -0.4 is 10.6 Å². The third kappa shape index (κ3) is 4.84. The molecule has 0 fully saturated rings. The number of halogens is 1. The molecule has 0 amide bonds. The van der Waals surface area contributed by atoms with Gasteiger partial charge < -0.3 is 10.6 Å². The van der Waals surface area contributed by atoms with E-state index in [1.54, 1.807) is 4.90 Å². The Morgan fingerprint density at radius 2 is 1.72 bits per heavy atom. The summed E-state index contributed by atoms with van der Waals surface area (Å²) in [4.78, 5) is 14.9. The summed E-state index contributed by atoms with van der Waals surface area (Å²) >= 11 is 7.99. The maximum atomic E-state index is 6.48. The van der Waals surface area contributed by atoms with Crippen molar-refractivity contribution in [3.63, 3.8) is 0 Å². The summed E-state index contributed by atoms with van der Waals surface area (Å²) in [5.41, 5.74) is 7.87. The zero-order valence-electron chi connectivity index (χ0n) is 18.0. The number of anilines is 2. The molecule has 1 atom stereocenters. The highest BCUT2D eigenvalue weighted by molar-refractivity contribution is 7.99. The first kappa shape index (κ1) is 22.0. The molecule has 2 aromatic heterocycles. The smallest absolute Gasteiger partial charge is 0.229 e. The predicted molar refractivity (Wildman–Crippen MR) is 129 cm³/mol. The van der Waals surface area contributed by atoms with Crippen LogP contribution in [0.5, 0.6) is 0 Å². The lowest BCUT2D eigenvalue weighted by Crippen LogP contribution is -2.16. The molecule has 0 aliphatic carbocycles. The second kappa shape index (κ2) is 9.54. The van der Waals surface area contributed by atoms with E-state index >= 15 is 0 Å². The van der Waals surface area contributed by atoms with Crippen LogP contribution in [0.3, 0.4) is 0 Å². The molecule has 4 aromatic rings. The third-order valence-electron chi connectivity index (χ3n) is 4.72. The van der Waals surface area contributed by atoms with Gasteiger partial charge in [0.15, 0.2) is 11.0 Å². The average molecular weight is 467 g/mol. The Morgan fingerprint density at radius 1 is 1.00 bits per heavy atom. The van der Waals surface area contributed by atoms with Crippen molar-refractivity contribution in [3.05, 3.63) is 71.0 Å². The number of nitrogen functional groups attached to an aromatic ring is 1. The van der Waals surface area contributed by atoms with Gasteiger partial charge in [0.05, 0.1) is 16.8 Å². The van der Waals surface area contributed by atoms with Gasteiger partial charge in [0.1, 0.15) is 5.82 Å². The molecule has 164 valence electrons. The van der Waals surface area contributed by atoms with Crippen molar-refractivity contribution >= 4 is 35.3 Å². The summed E-state index contributed by atoms with van der Waals surface area (Å²) in [6, 6.07) is 17.8. The van der Waals surface area contributed by atoms with E-state index < -0.39 is 0 Å². The number of nitrogens with two attached hydrogens (primary N) is 1. The molecule has 2 aromatic carbocycles. The zero-order chi connectivity index (χ0) is 22.7. The normalized spacial score (nSPS) is 12.0. The SMILES string of the molecule is C[C@@H](Sc1nnc(-c2ccccc2Cl)n1Cc1ccccc1)c1nc(N)nc(N(C)C)n1. The lowest BCUT2D eigenvalue weighted by molar-refractivity contribution is 0.711. The number of nitrogens with zero attached hydrogens (tertiary/aromatic N) is 7. The molecule has 0 radical (unpaired) electrons. The van der Waals surface area contributed by atoms with Gasteiger partial charge in [0.25, 0.3) is 0 Å².